The minimum atomic E-state index is -0.510. The number of amides is 1. The van der Waals surface area contributed by atoms with Gasteiger partial charge in [-0.15, -0.1) is 0 Å². The number of carbonyl (C=O) groups is 2. The van der Waals surface area contributed by atoms with Gasteiger partial charge in [-0.2, -0.15) is 0 Å². The van der Waals surface area contributed by atoms with Gasteiger partial charge in [0.2, 0.25) is 0 Å². The van der Waals surface area contributed by atoms with Crippen LogP contribution in [0.1, 0.15) is 29.6 Å². The lowest BCUT2D eigenvalue weighted by atomic mass is 10.0. The first-order chi connectivity index (χ1) is 10.1. The highest BCUT2D eigenvalue weighted by Gasteiger charge is 2.34. The van der Waals surface area contributed by atoms with Crippen LogP contribution in [0.3, 0.4) is 0 Å². The number of esters is 1. The molecule has 1 aromatic carbocycles. The minimum absolute atomic E-state index is 0.200. The Bertz CT molecular complexity index is 546. The second kappa shape index (κ2) is 6.93. The van der Waals surface area contributed by atoms with Gasteiger partial charge in [0.25, 0.3) is 5.91 Å². The van der Waals surface area contributed by atoms with Gasteiger partial charge in [0.15, 0.2) is 0 Å². The van der Waals surface area contributed by atoms with Crippen molar-refractivity contribution in [2.45, 2.75) is 25.3 Å². The molecule has 5 nitrogen and oxygen atoms in total. The van der Waals surface area contributed by atoms with Crippen LogP contribution in [0.15, 0.2) is 22.7 Å². The van der Waals surface area contributed by atoms with Crippen LogP contribution in [0, 0.1) is 0 Å². The molecule has 1 fully saturated rings. The molecule has 1 atom stereocenters. The van der Waals surface area contributed by atoms with E-state index in [1.807, 2.05) is 0 Å². The molecule has 0 bridgehead atoms. The highest BCUT2D eigenvalue weighted by atomic mass is 79.9. The predicted octanol–water partition coefficient (Wildman–Crippen LogP) is 2.63. The third-order valence-electron chi connectivity index (χ3n) is 3.63. The van der Waals surface area contributed by atoms with Gasteiger partial charge < -0.3 is 14.4 Å². The van der Waals surface area contributed by atoms with Crippen molar-refractivity contribution in [2.24, 2.45) is 0 Å². The molecule has 1 amide bonds. The van der Waals surface area contributed by atoms with E-state index in [1.165, 1.54) is 14.2 Å². The van der Waals surface area contributed by atoms with E-state index in [1.54, 1.807) is 23.1 Å². The molecule has 0 N–H and O–H groups in total. The molecule has 1 aliphatic rings. The van der Waals surface area contributed by atoms with Crippen molar-refractivity contribution in [3.05, 3.63) is 28.2 Å². The first-order valence-corrected chi connectivity index (χ1v) is 7.60. The summed E-state index contributed by atoms with van der Waals surface area (Å²) in [5.41, 5.74) is 0.455. The number of nitrogens with zero attached hydrogens (tertiary/aromatic N) is 1. The summed E-state index contributed by atoms with van der Waals surface area (Å²) in [6, 6.07) is 4.72. The van der Waals surface area contributed by atoms with Crippen molar-refractivity contribution in [3.8, 4) is 5.75 Å². The van der Waals surface area contributed by atoms with Crippen molar-refractivity contribution < 1.29 is 19.1 Å². The van der Waals surface area contributed by atoms with Gasteiger partial charge in [0, 0.05) is 11.0 Å². The third-order valence-corrected chi connectivity index (χ3v) is 4.12. The monoisotopic (exact) mass is 355 g/mol. The molecule has 1 aromatic rings. The SMILES string of the molecule is COC(=O)[C@H]1CCCCN1C(=O)c1ccc(Br)cc1OC. The van der Waals surface area contributed by atoms with Gasteiger partial charge in [-0.25, -0.2) is 4.79 Å². The van der Waals surface area contributed by atoms with Crippen molar-refractivity contribution in [3.63, 3.8) is 0 Å². The Morgan fingerprint density at radius 1 is 1.29 bits per heavy atom. The number of halogens is 1. The maximum absolute atomic E-state index is 12.7. The highest BCUT2D eigenvalue weighted by Crippen LogP contribution is 2.27. The minimum Gasteiger partial charge on any atom is -0.496 e. The Morgan fingerprint density at radius 2 is 2.05 bits per heavy atom. The number of methoxy groups -OCH3 is 2. The Hall–Kier alpha value is -1.56. The van der Waals surface area contributed by atoms with Crippen LogP contribution in [-0.4, -0.2) is 43.6 Å². The Balaban J connectivity index is 2.31. The summed E-state index contributed by atoms with van der Waals surface area (Å²) in [4.78, 5) is 26.2. The van der Waals surface area contributed by atoms with Crippen LogP contribution in [0.2, 0.25) is 0 Å². The van der Waals surface area contributed by atoms with E-state index < -0.39 is 6.04 Å². The lowest BCUT2D eigenvalue weighted by Crippen LogP contribution is -2.48. The number of rotatable bonds is 3. The quantitative estimate of drug-likeness (QED) is 0.782. The molecule has 1 heterocycles. The van der Waals surface area contributed by atoms with Gasteiger partial charge in [0.05, 0.1) is 19.8 Å². The van der Waals surface area contributed by atoms with E-state index in [0.717, 1.165) is 17.3 Å². The molecule has 0 aromatic heterocycles. The maximum atomic E-state index is 12.7. The van der Waals surface area contributed by atoms with Gasteiger partial charge >= 0.3 is 5.97 Å². The summed E-state index contributed by atoms with van der Waals surface area (Å²) in [5.74, 6) is -0.0721. The van der Waals surface area contributed by atoms with Gasteiger partial charge in [-0.1, -0.05) is 15.9 Å². The fourth-order valence-electron chi connectivity index (χ4n) is 2.55. The number of hydrogen-bond acceptors (Lipinski definition) is 4. The number of ether oxygens (including phenoxy) is 2. The molecule has 6 heteroatoms. The van der Waals surface area contributed by atoms with Crippen LogP contribution in [-0.2, 0) is 9.53 Å². The standard InChI is InChI=1S/C15H18BrNO4/c1-20-13-9-10(16)6-7-11(13)14(18)17-8-4-3-5-12(17)15(19)21-2/h6-7,9,12H,3-5,8H2,1-2H3/t12-/m1/s1. The molecule has 0 spiro atoms. The molecule has 21 heavy (non-hydrogen) atoms. The number of piperidine rings is 1. The summed E-state index contributed by atoms with van der Waals surface area (Å²) in [5, 5.41) is 0. The summed E-state index contributed by atoms with van der Waals surface area (Å²) in [6.07, 6.45) is 2.44. The van der Waals surface area contributed by atoms with Crippen molar-refractivity contribution in [1.82, 2.24) is 4.90 Å². The van der Waals surface area contributed by atoms with Crippen LogP contribution in [0.5, 0.6) is 5.75 Å². The lowest BCUT2D eigenvalue weighted by Gasteiger charge is -2.34. The van der Waals surface area contributed by atoms with E-state index in [0.29, 0.717) is 24.3 Å². The molecule has 114 valence electrons. The molecule has 0 saturated carbocycles. The summed E-state index contributed by atoms with van der Waals surface area (Å²) in [6.45, 7) is 0.553. The van der Waals surface area contributed by atoms with E-state index in [9.17, 15) is 9.59 Å². The molecule has 2 rings (SSSR count). The third kappa shape index (κ3) is 3.37. The number of benzene rings is 1. The topological polar surface area (TPSA) is 55.8 Å². The fourth-order valence-corrected chi connectivity index (χ4v) is 2.89. The molecular formula is C15H18BrNO4. The zero-order valence-corrected chi connectivity index (χ0v) is 13.7. The molecule has 0 aliphatic carbocycles. The summed E-state index contributed by atoms with van der Waals surface area (Å²) < 4.78 is 10.9. The van der Waals surface area contributed by atoms with Crippen LogP contribution >= 0.6 is 15.9 Å². The fraction of sp³-hybridized carbons (Fsp3) is 0.467. The first kappa shape index (κ1) is 15.8. The van der Waals surface area contributed by atoms with Gasteiger partial charge in [0.1, 0.15) is 11.8 Å². The number of hydrogen-bond donors (Lipinski definition) is 0. The van der Waals surface area contributed by atoms with E-state index in [4.69, 9.17) is 9.47 Å². The Kier molecular flexibility index (Phi) is 5.22. The largest absolute Gasteiger partial charge is 0.496 e. The first-order valence-electron chi connectivity index (χ1n) is 6.80. The smallest absolute Gasteiger partial charge is 0.328 e. The molecular weight excluding hydrogens is 338 g/mol. The van der Waals surface area contributed by atoms with E-state index in [-0.39, 0.29) is 11.9 Å². The second-order valence-corrected chi connectivity index (χ2v) is 5.79. The van der Waals surface area contributed by atoms with E-state index >= 15 is 0 Å². The average Bonchev–Trinajstić information content (AvgIpc) is 2.53. The second-order valence-electron chi connectivity index (χ2n) is 4.88. The predicted molar refractivity (Wildman–Crippen MR) is 81.4 cm³/mol. The van der Waals surface area contributed by atoms with Crippen molar-refractivity contribution in [1.29, 1.82) is 0 Å². The van der Waals surface area contributed by atoms with Gasteiger partial charge in [-0.05, 0) is 37.5 Å². The highest BCUT2D eigenvalue weighted by molar-refractivity contribution is 9.10. The molecule has 0 radical (unpaired) electrons. The number of carbonyl (C=O) groups excluding carboxylic acids is 2. The zero-order chi connectivity index (χ0) is 15.4. The van der Waals surface area contributed by atoms with Crippen molar-refractivity contribution >= 4 is 27.8 Å². The Morgan fingerprint density at radius 3 is 2.71 bits per heavy atom. The van der Waals surface area contributed by atoms with Gasteiger partial charge in [-0.3, -0.25) is 4.79 Å². The van der Waals surface area contributed by atoms with E-state index in [2.05, 4.69) is 15.9 Å². The van der Waals surface area contributed by atoms with Crippen molar-refractivity contribution in [2.75, 3.05) is 20.8 Å². The maximum Gasteiger partial charge on any atom is 0.328 e. The summed E-state index contributed by atoms with van der Waals surface area (Å²) >= 11 is 3.35. The lowest BCUT2D eigenvalue weighted by molar-refractivity contribution is -0.147. The van der Waals surface area contributed by atoms with Crippen LogP contribution in [0.25, 0.3) is 0 Å². The van der Waals surface area contributed by atoms with Crippen LogP contribution < -0.4 is 4.74 Å². The van der Waals surface area contributed by atoms with Crippen LogP contribution in [0.4, 0.5) is 0 Å². The number of likely N-dealkylation sites (tertiary alicyclic amines) is 1. The summed E-state index contributed by atoms with van der Waals surface area (Å²) in [7, 11) is 2.87. The molecule has 0 unspecified atom stereocenters. The normalized spacial score (nSPS) is 18.2. The zero-order valence-electron chi connectivity index (χ0n) is 12.1. The molecule has 1 saturated heterocycles. The molecule has 1 aliphatic heterocycles. The average molecular weight is 356 g/mol. The Labute approximate surface area is 132 Å².